The monoisotopic (exact) mass is 496 g/mol. The van der Waals surface area contributed by atoms with Gasteiger partial charge in [0.15, 0.2) is 5.41 Å². The minimum absolute atomic E-state index is 0.0172. The average molecular weight is 496 g/mol. The average Bonchev–Trinajstić information content (AvgIpc) is 2.61. The van der Waals surface area contributed by atoms with E-state index in [9.17, 15) is 49.4 Å². The van der Waals surface area contributed by atoms with Gasteiger partial charge in [-0.3, -0.25) is 4.79 Å². The second-order valence-corrected chi connectivity index (χ2v) is 8.97. The van der Waals surface area contributed by atoms with Gasteiger partial charge in [0.1, 0.15) is 5.60 Å². The van der Waals surface area contributed by atoms with Crippen LogP contribution in [0.3, 0.4) is 0 Å². The number of ether oxygens (including phenoxy) is 1. The molecule has 0 saturated heterocycles. The third-order valence-corrected chi connectivity index (χ3v) is 5.24. The highest BCUT2D eigenvalue weighted by atomic mass is 19.4. The number of carbonyl (C=O) groups is 1. The van der Waals surface area contributed by atoms with E-state index < -0.39 is 59.0 Å². The molecule has 0 radical (unpaired) electrons. The first-order chi connectivity index (χ1) is 14.5. The number of hydrogen-bond acceptors (Lipinski definition) is 3. The molecule has 0 aliphatic rings. The van der Waals surface area contributed by atoms with Gasteiger partial charge in [0.2, 0.25) is 0 Å². The second kappa shape index (κ2) is 8.99. The number of esters is 1. The van der Waals surface area contributed by atoms with Gasteiger partial charge in [0, 0.05) is 5.56 Å². The van der Waals surface area contributed by atoms with Crippen LogP contribution < -0.4 is 0 Å². The molecule has 33 heavy (non-hydrogen) atoms. The number of carbonyl (C=O) groups excluding carboxylic acids is 1. The van der Waals surface area contributed by atoms with Crippen LogP contribution in [0.1, 0.15) is 64.5 Å². The number of alkyl halides is 9. The topological polar surface area (TPSA) is 46.5 Å². The molecule has 0 bridgehead atoms. The summed E-state index contributed by atoms with van der Waals surface area (Å²) >= 11 is 0. The predicted octanol–water partition coefficient (Wildman–Crippen LogP) is 6.79. The van der Waals surface area contributed by atoms with Crippen molar-refractivity contribution in [3.63, 3.8) is 0 Å². The molecule has 0 amide bonds. The second-order valence-electron chi connectivity index (χ2n) is 8.97. The molecule has 0 aliphatic carbocycles. The maximum absolute atomic E-state index is 13.8. The molecular formula is C21H25F9O3. The zero-order chi connectivity index (χ0) is 26.3. The molecule has 0 saturated carbocycles. The molecule has 0 spiro atoms. The minimum Gasteiger partial charge on any atom is -0.459 e. The Labute approximate surface area is 184 Å². The molecule has 1 aromatic rings. The summed E-state index contributed by atoms with van der Waals surface area (Å²) in [5.74, 6) is -2.62. The molecular weight excluding hydrogens is 471 g/mol. The molecule has 2 unspecified atom stereocenters. The standard InChI is InChI=1S/C21H25F9O3/c1-6-12(11-17(5,19(22,23)24)15(31)33-16(2,3)4)13-7-9-14(10-8-13)18(32,20(25,26)27)21(28,29)30/h7-10,12,32H,6,11H2,1-5H3. The molecule has 0 aromatic heterocycles. The van der Waals surface area contributed by atoms with Crippen LogP contribution in [0.25, 0.3) is 0 Å². The maximum atomic E-state index is 13.8. The lowest BCUT2D eigenvalue weighted by Gasteiger charge is -2.35. The summed E-state index contributed by atoms with van der Waals surface area (Å²) in [4.78, 5) is 12.4. The first-order valence-electron chi connectivity index (χ1n) is 9.77. The third kappa shape index (κ3) is 5.93. The molecule has 1 aromatic carbocycles. The Morgan fingerprint density at radius 1 is 0.848 bits per heavy atom. The van der Waals surface area contributed by atoms with Crippen molar-refractivity contribution in [3.05, 3.63) is 35.4 Å². The SMILES string of the molecule is CCC(CC(C)(C(=O)OC(C)(C)C)C(F)(F)F)c1ccc(C(O)(C(F)(F)F)C(F)(F)F)cc1. The summed E-state index contributed by atoms with van der Waals surface area (Å²) in [6.45, 7) is 6.21. The molecule has 190 valence electrons. The minimum atomic E-state index is -6.09. The van der Waals surface area contributed by atoms with E-state index in [0.29, 0.717) is 19.1 Å². The Balaban J connectivity index is 3.41. The summed E-state index contributed by atoms with van der Waals surface area (Å²) in [5.41, 5.74) is -10.9. The summed E-state index contributed by atoms with van der Waals surface area (Å²) < 4.78 is 125. The molecule has 0 fully saturated rings. The van der Waals surface area contributed by atoms with Crippen LogP contribution in [0, 0.1) is 5.41 Å². The quantitative estimate of drug-likeness (QED) is 0.348. The lowest BCUT2D eigenvalue weighted by Crippen LogP contribution is -2.53. The van der Waals surface area contributed by atoms with Crippen LogP contribution in [-0.4, -0.2) is 35.2 Å². The smallest absolute Gasteiger partial charge is 0.430 e. The van der Waals surface area contributed by atoms with Crippen LogP contribution in [0.15, 0.2) is 24.3 Å². The Morgan fingerprint density at radius 3 is 1.58 bits per heavy atom. The number of hydrogen-bond donors (Lipinski definition) is 1. The van der Waals surface area contributed by atoms with E-state index in [4.69, 9.17) is 4.74 Å². The number of rotatable bonds is 6. The fourth-order valence-electron chi connectivity index (χ4n) is 3.18. The van der Waals surface area contributed by atoms with Gasteiger partial charge in [-0.05, 0) is 52.0 Å². The van der Waals surface area contributed by atoms with E-state index in [2.05, 4.69) is 0 Å². The van der Waals surface area contributed by atoms with Crippen LogP contribution >= 0.6 is 0 Å². The Bertz CT molecular complexity index is 804. The van der Waals surface area contributed by atoms with Crippen LogP contribution in [0.2, 0.25) is 0 Å². The van der Waals surface area contributed by atoms with Crippen LogP contribution in [0.4, 0.5) is 39.5 Å². The van der Waals surface area contributed by atoms with Gasteiger partial charge in [0.25, 0.3) is 5.60 Å². The van der Waals surface area contributed by atoms with Gasteiger partial charge in [-0.25, -0.2) is 0 Å². The van der Waals surface area contributed by atoms with Crippen molar-refractivity contribution in [2.45, 2.75) is 83.1 Å². The largest absolute Gasteiger partial charge is 0.459 e. The predicted molar refractivity (Wildman–Crippen MR) is 100 cm³/mol. The lowest BCUT2D eigenvalue weighted by molar-refractivity contribution is -0.376. The van der Waals surface area contributed by atoms with Gasteiger partial charge in [-0.15, -0.1) is 0 Å². The highest BCUT2D eigenvalue weighted by Gasteiger charge is 2.71. The molecule has 0 heterocycles. The normalized spacial score (nSPS) is 16.8. The summed E-state index contributed by atoms with van der Waals surface area (Å²) in [5, 5.41) is 9.46. The lowest BCUT2D eigenvalue weighted by atomic mass is 9.76. The van der Waals surface area contributed by atoms with Crippen LogP contribution in [-0.2, 0) is 15.1 Å². The zero-order valence-electron chi connectivity index (χ0n) is 18.5. The molecule has 1 N–H and O–H groups in total. The number of aliphatic hydroxyl groups is 1. The van der Waals surface area contributed by atoms with Crippen molar-refractivity contribution in [2.75, 3.05) is 0 Å². The highest BCUT2D eigenvalue weighted by Crippen LogP contribution is 2.51. The number of halogens is 9. The zero-order valence-corrected chi connectivity index (χ0v) is 18.5. The fraction of sp³-hybridized carbons (Fsp3) is 0.667. The molecule has 3 nitrogen and oxygen atoms in total. The van der Waals surface area contributed by atoms with Gasteiger partial charge < -0.3 is 9.84 Å². The summed E-state index contributed by atoms with van der Waals surface area (Å²) in [6.07, 6.45) is -18.1. The van der Waals surface area contributed by atoms with E-state index in [1.54, 1.807) is 0 Å². The van der Waals surface area contributed by atoms with Crippen molar-refractivity contribution < 1.29 is 54.2 Å². The first kappa shape index (κ1) is 29.1. The van der Waals surface area contributed by atoms with E-state index >= 15 is 0 Å². The molecule has 1 rings (SSSR count). The number of benzene rings is 1. The van der Waals surface area contributed by atoms with Gasteiger partial charge in [0.05, 0.1) is 0 Å². The Kier molecular flexibility index (Phi) is 7.92. The Hall–Kier alpha value is -1.98. The van der Waals surface area contributed by atoms with E-state index in [-0.39, 0.29) is 12.0 Å². The van der Waals surface area contributed by atoms with Crippen molar-refractivity contribution in [1.29, 1.82) is 0 Å². The maximum Gasteiger partial charge on any atom is 0.430 e. The fourth-order valence-corrected chi connectivity index (χ4v) is 3.18. The van der Waals surface area contributed by atoms with Crippen molar-refractivity contribution in [3.8, 4) is 0 Å². The highest BCUT2D eigenvalue weighted by molar-refractivity contribution is 5.78. The summed E-state index contributed by atoms with van der Waals surface area (Å²) in [7, 11) is 0. The van der Waals surface area contributed by atoms with Gasteiger partial charge >= 0.3 is 24.5 Å². The van der Waals surface area contributed by atoms with Crippen LogP contribution in [0.5, 0.6) is 0 Å². The first-order valence-corrected chi connectivity index (χ1v) is 9.77. The summed E-state index contributed by atoms with van der Waals surface area (Å²) in [6, 6.07) is 2.27. The van der Waals surface area contributed by atoms with E-state index in [1.807, 2.05) is 0 Å². The van der Waals surface area contributed by atoms with Gasteiger partial charge in [-0.2, -0.15) is 39.5 Å². The molecule has 2 atom stereocenters. The van der Waals surface area contributed by atoms with Crippen molar-refractivity contribution in [1.82, 2.24) is 0 Å². The molecule has 0 aliphatic heterocycles. The van der Waals surface area contributed by atoms with Gasteiger partial charge in [-0.1, -0.05) is 31.2 Å². The van der Waals surface area contributed by atoms with Crippen molar-refractivity contribution in [2.24, 2.45) is 5.41 Å². The Morgan fingerprint density at radius 2 is 1.27 bits per heavy atom. The third-order valence-electron chi connectivity index (χ3n) is 5.24. The van der Waals surface area contributed by atoms with Crippen molar-refractivity contribution >= 4 is 5.97 Å². The van der Waals surface area contributed by atoms with E-state index in [0.717, 1.165) is 12.1 Å². The molecule has 12 heteroatoms. The van der Waals surface area contributed by atoms with E-state index in [1.165, 1.54) is 27.7 Å².